The summed E-state index contributed by atoms with van der Waals surface area (Å²) in [7, 11) is 0. The van der Waals surface area contributed by atoms with Crippen LogP contribution < -0.4 is 16.4 Å². The number of rotatable bonds is 7. The van der Waals surface area contributed by atoms with Gasteiger partial charge in [-0.15, -0.1) is 0 Å². The number of nitrogens with one attached hydrogen (secondary N) is 2. The van der Waals surface area contributed by atoms with Crippen molar-refractivity contribution >= 4 is 29.1 Å². The highest BCUT2D eigenvalue weighted by molar-refractivity contribution is 5.86. The molecule has 0 saturated carbocycles. The molecule has 0 spiro atoms. The van der Waals surface area contributed by atoms with Gasteiger partial charge >= 0.3 is 11.8 Å². The van der Waals surface area contributed by atoms with Gasteiger partial charge in [0.2, 0.25) is 5.82 Å². The topological polar surface area (TPSA) is 132 Å². The van der Waals surface area contributed by atoms with Gasteiger partial charge in [-0.25, -0.2) is 9.78 Å². The van der Waals surface area contributed by atoms with E-state index in [0.29, 0.717) is 0 Å². The van der Waals surface area contributed by atoms with Gasteiger partial charge in [-0.3, -0.25) is 15.4 Å². The Bertz CT molecular complexity index is 989. The summed E-state index contributed by atoms with van der Waals surface area (Å²) in [5, 5.41) is 17.2. The Hall–Kier alpha value is -4.14. The van der Waals surface area contributed by atoms with Crippen molar-refractivity contribution in [2.24, 2.45) is 0 Å². The Morgan fingerprint density at radius 2 is 1.70 bits per heavy atom. The van der Waals surface area contributed by atoms with E-state index in [1.165, 1.54) is 6.07 Å². The van der Waals surface area contributed by atoms with Crippen LogP contribution in [0.5, 0.6) is 0 Å². The van der Waals surface area contributed by atoms with Gasteiger partial charge in [-0.2, -0.15) is 0 Å². The van der Waals surface area contributed by atoms with Crippen molar-refractivity contribution in [1.29, 1.82) is 0 Å². The zero-order valence-electron chi connectivity index (χ0n) is 16.2. The Morgan fingerprint density at radius 3 is 2.20 bits per heavy atom. The zero-order valence-corrected chi connectivity index (χ0v) is 16.2. The Balaban J connectivity index is 2.05. The van der Waals surface area contributed by atoms with E-state index in [-0.39, 0.29) is 29.6 Å². The highest BCUT2D eigenvalue weighted by Gasteiger charge is 2.25. The molecule has 3 rings (SSSR count). The summed E-state index contributed by atoms with van der Waals surface area (Å²) in [5.41, 5.74) is 7.16. The van der Waals surface area contributed by atoms with Crippen LogP contribution in [0.15, 0.2) is 66.7 Å². The molecular formula is C21H21N5O4. The van der Waals surface area contributed by atoms with Crippen LogP contribution in [0.3, 0.4) is 0 Å². The number of anilines is 3. The molecule has 0 radical (unpaired) electrons. The predicted octanol–water partition coefficient (Wildman–Crippen LogP) is 4.34. The van der Waals surface area contributed by atoms with Crippen molar-refractivity contribution in [1.82, 2.24) is 4.98 Å². The lowest BCUT2D eigenvalue weighted by atomic mass is 9.98. The molecule has 0 aliphatic heterocycles. The van der Waals surface area contributed by atoms with Crippen LogP contribution in [0.4, 0.5) is 27.8 Å². The van der Waals surface area contributed by atoms with Crippen molar-refractivity contribution in [3.8, 4) is 0 Å². The standard InChI is InChI=1S/C21H21N5O4/c1-2-30-21(27)24-17-13-16(22)19(26(28)29)20(23-17)25-18(14-9-5-3-6-10-14)15-11-7-4-8-12-15/h3-13,18H,2H2,1H3,(H4,22,23,24,25,27). The van der Waals surface area contributed by atoms with Crippen LogP contribution in [-0.2, 0) is 4.74 Å². The fourth-order valence-corrected chi connectivity index (χ4v) is 2.97. The van der Waals surface area contributed by atoms with Crippen molar-refractivity contribution in [3.05, 3.63) is 88.0 Å². The minimum absolute atomic E-state index is 0.0407. The molecule has 0 aliphatic carbocycles. The third-order valence-corrected chi connectivity index (χ3v) is 4.26. The number of benzene rings is 2. The first-order chi connectivity index (χ1) is 14.5. The van der Waals surface area contributed by atoms with Gasteiger partial charge < -0.3 is 15.8 Å². The number of nitro groups is 1. The molecule has 3 aromatic rings. The molecule has 0 unspecified atom stereocenters. The number of carbonyl (C=O) groups is 1. The van der Waals surface area contributed by atoms with Crippen molar-refractivity contribution in [2.75, 3.05) is 23.0 Å². The van der Waals surface area contributed by atoms with E-state index in [4.69, 9.17) is 10.5 Å². The van der Waals surface area contributed by atoms with E-state index in [0.717, 1.165) is 11.1 Å². The number of pyridine rings is 1. The molecule has 1 heterocycles. The zero-order chi connectivity index (χ0) is 21.5. The first kappa shape index (κ1) is 20.6. The molecule has 0 aliphatic rings. The number of hydrogen-bond donors (Lipinski definition) is 3. The van der Waals surface area contributed by atoms with E-state index in [2.05, 4.69) is 15.6 Å². The minimum atomic E-state index is -0.730. The molecule has 0 saturated heterocycles. The van der Waals surface area contributed by atoms with Gasteiger partial charge in [0.05, 0.1) is 17.6 Å². The van der Waals surface area contributed by atoms with E-state index in [9.17, 15) is 14.9 Å². The average molecular weight is 407 g/mol. The first-order valence-corrected chi connectivity index (χ1v) is 9.24. The Morgan fingerprint density at radius 1 is 1.13 bits per heavy atom. The molecule has 9 heteroatoms. The fraction of sp³-hybridized carbons (Fsp3) is 0.143. The summed E-state index contributed by atoms with van der Waals surface area (Å²) >= 11 is 0. The van der Waals surface area contributed by atoms with Gasteiger partial charge in [0.1, 0.15) is 11.5 Å². The lowest BCUT2D eigenvalue weighted by Crippen LogP contribution is -2.18. The monoisotopic (exact) mass is 407 g/mol. The highest BCUT2D eigenvalue weighted by Crippen LogP contribution is 2.35. The van der Waals surface area contributed by atoms with Crippen LogP contribution in [0.25, 0.3) is 0 Å². The van der Waals surface area contributed by atoms with Crippen molar-refractivity contribution in [2.45, 2.75) is 13.0 Å². The molecule has 154 valence electrons. The third-order valence-electron chi connectivity index (χ3n) is 4.26. The van der Waals surface area contributed by atoms with Crippen molar-refractivity contribution < 1.29 is 14.5 Å². The fourth-order valence-electron chi connectivity index (χ4n) is 2.97. The Kier molecular flexibility index (Phi) is 6.43. The smallest absolute Gasteiger partial charge is 0.412 e. The molecule has 0 fully saturated rings. The van der Waals surface area contributed by atoms with Crippen LogP contribution in [0, 0.1) is 10.1 Å². The maximum Gasteiger partial charge on any atom is 0.412 e. The molecule has 2 aromatic carbocycles. The minimum Gasteiger partial charge on any atom is -0.450 e. The summed E-state index contributed by atoms with van der Waals surface area (Å²) in [6.07, 6.45) is -0.730. The van der Waals surface area contributed by atoms with Crippen LogP contribution >= 0.6 is 0 Å². The van der Waals surface area contributed by atoms with E-state index in [1.807, 2.05) is 60.7 Å². The van der Waals surface area contributed by atoms with Gasteiger partial charge in [0.25, 0.3) is 0 Å². The molecule has 30 heavy (non-hydrogen) atoms. The summed E-state index contributed by atoms with van der Waals surface area (Å²) in [6, 6.07) is 19.7. The molecule has 9 nitrogen and oxygen atoms in total. The average Bonchev–Trinajstić information content (AvgIpc) is 2.73. The number of ether oxygens (including phenoxy) is 1. The van der Waals surface area contributed by atoms with Crippen molar-refractivity contribution in [3.63, 3.8) is 0 Å². The second kappa shape index (κ2) is 9.37. The molecule has 0 atom stereocenters. The predicted molar refractivity (Wildman–Crippen MR) is 114 cm³/mol. The number of nitrogen functional groups attached to an aromatic ring is 1. The summed E-state index contributed by atoms with van der Waals surface area (Å²) in [5.74, 6) is -0.0246. The maximum atomic E-state index is 11.8. The number of carbonyl (C=O) groups excluding carboxylic acids is 1. The van der Waals surface area contributed by atoms with E-state index < -0.39 is 17.1 Å². The molecule has 1 aromatic heterocycles. The summed E-state index contributed by atoms with van der Waals surface area (Å²) < 4.78 is 4.84. The summed E-state index contributed by atoms with van der Waals surface area (Å²) in [4.78, 5) is 27.0. The summed E-state index contributed by atoms with van der Waals surface area (Å²) in [6.45, 7) is 1.83. The normalized spacial score (nSPS) is 10.5. The number of nitrogens with two attached hydrogens (primary N) is 1. The third kappa shape index (κ3) is 4.82. The lowest BCUT2D eigenvalue weighted by Gasteiger charge is -2.21. The number of nitrogens with zero attached hydrogens (tertiary/aromatic N) is 2. The molecule has 0 bridgehead atoms. The highest BCUT2D eigenvalue weighted by atomic mass is 16.6. The number of amides is 1. The van der Waals surface area contributed by atoms with E-state index in [1.54, 1.807) is 6.92 Å². The van der Waals surface area contributed by atoms with Crippen LogP contribution in [0.1, 0.15) is 24.1 Å². The van der Waals surface area contributed by atoms with Gasteiger partial charge in [-0.05, 0) is 18.1 Å². The number of hydrogen-bond acceptors (Lipinski definition) is 7. The second-order valence-corrected chi connectivity index (χ2v) is 6.30. The SMILES string of the molecule is CCOC(=O)Nc1cc(N)c([N+](=O)[O-])c(NC(c2ccccc2)c2ccccc2)n1. The second-order valence-electron chi connectivity index (χ2n) is 6.30. The Labute approximate surface area is 173 Å². The van der Waals surface area contributed by atoms with Gasteiger partial charge in [0, 0.05) is 6.07 Å². The molecule has 4 N–H and O–H groups in total. The first-order valence-electron chi connectivity index (χ1n) is 9.24. The molecule has 1 amide bonds. The largest absolute Gasteiger partial charge is 0.450 e. The van der Waals surface area contributed by atoms with Gasteiger partial charge in [0.15, 0.2) is 0 Å². The van der Waals surface area contributed by atoms with Crippen LogP contribution in [0.2, 0.25) is 0 Å². The quantitative estimate of drug-likeness (QED) is 0.392. The van der Waals surface area contributed by atoms with Crippen LogP contribution in [-0.4, -0.2) is 22.6 Å². The molecular weight excluding hydrogens is 386 g/mol. The number of aromatic nitrogens is 1. The van der Waals surface area contributed by atoms with E-state index >= 15 is 0 Å². The maximum absolute atomic E-state index is 11.8. The van der Waals surface area contributed by atoms with Gasteiger partial charge in [-0.1, -0.05) is 60.7 Å². The lowest BCUT2D eigenvalue weighted by molar-refractivity contribution is -0.383.